The molecule has 2 aromatic rings. The SMILES string of the molecule is c1ccc2c(c1)nnn2CN1CCCOC1. The van der Waals surface area contributed by atoms with Gasteiger partial charge in [-0.25, -0.2) is 4.68 Å². The highest BCUT2D eigenvalue weighted by Crippen LogP contribution is 2.11. The van der Waals surface area contributed by atoms with E-state index < -0.39 is 0 Å². The van der Waals surface area contributed by atoms with Gasteiger partial charge in [0.25, 0.3) is 0 Å². The van der Waals surface area contributed by atoms with Crippen molar-refractivity contribution in [3.63, 3.8) is 0 Å². The van der Waals surface area contributed by atoms with E-state index in [1.807, 2.05) is 28.9 Å². The molecule has 1 aliphatic rings. The van der Waals surface area contributed by atoms with Gasteiger partial charge in [-0.15, -0.1) is 5.10 Å². The van der Waals surface area contributed by atoms with E-state index >= 15 is 0 Å². The zero-order valence-electron chi connectivity index (χ0n) is 9.04. The van der Waals surface area contributed by atoms with E-state index in [9.17, 15) is 0 Å². The van der Waals surface area contributed by atoms with Crippen molar-refractivity contribution in [2.45, 2.75) is 13.1 Å². The first-order valence-corrected chi connectivity index (χ1v) is 5.52. The van der Waals surface area contributed by atoms with Gasteiger partial charge in [-0.2, -0.15) is 0 Å². The fourth-order valence-electron chi connectivity index (χ4n) is 1.97. The van der Waals surface area contributed by atoms with Crippen molar-refractivity contribution < 1.29 is 4.74 Å². The molecule has 0 saturated carbocycles. The van der Waals surface area contributed by atoms with Gasteiger partial charge in [0.15, 0.2) is 0 Å². The third-order valence-corrected chi connectivity index (χ3v) is 2.79. The number of hydrogen-bond donors (Lipinski definition) is 0. The summed E-state index contributed by atoms with van der Waals surface area (Å²) in [6.45, 7) is 3.37. The maximum atomic E-state index is 5.41. The van der Waals surface area contributed by atoms with Crippen LogP contribution in [0.3, 0.4) is 0 Å². The van der Waals surface area contributed by atoms with Crippen molar-refractivity contribution in [3.8, 4) is 0 Å². The summed E-state index contributed by atoms with van der Waals surface area (Å²) in [5.74, 6) is 0. The lowest BCUT2D eigenvalue weighted by atomic mass is 10.3. The lowest BCUT2D eigenvalue weighted by Gasteiger charge is -2.26. The molecule has 1 saturated heterocycles. The summed E-state index contributed by atoms with van der Waals surface area (Å²) in [7, 11) is 0. The van der Waals surface area contributed by atoms with Gasteiger partial charge in [-0.05, 0) is 18.6 Å². The van der Waals surface area contributed by atoms with Crippen LogP contribution in [0.2, 0.25) is 0 Å². The Morgan fingerprint density at radius 2 is 2.25 bits per heavy atom. The van der Waals surface area contributed by atoms with E-state index in [4.69, 9.17) is 4.74 Å². The molecule has 1 fully saturated rings. The molecule has 5 heteroatoms. The third kappa shape index (κ3) is 1.79. The van der Waals surface area contributed by atoms with Crippen molar-refractivity contribution in [1.82, 2.24) is 19.9 Å². The van der Waals surface area contributed by atoms with E-state index in [0.717, 1.165) is 37.3 Å². The van der Waals surface area contributed by atoms with Gasteiger partial charge >= 0.3 is 0 Å². The average molecular weight is 218 g/mol. The number of fused-ring (bicyclic) bond motifs is 1. The Morgan fingerprint density at radius 1 is 1.31 bits per heavy atom. The Bertz CT molecular complexity index is 476. The quantitative estimate of drug-likeness (QED) is 0.756. The first-order valence-electron chi connectivity index (χ1n) is 5.52. The standard InChI is InChI=1S/C11H14N4O/c1-2-5-11-10(4-1)12-13-15(11)8-14-6-3-7-16-9-14/h1-2,4-5H,3,6-9H2. The smallest absolute Gasteiger partial charge is 0.113 e. The van der Waals surface area contributed by atoms with Crippen molar-refractivity contribution >= 4 is 11.0 Å². The number of nitrogens with zero attached hydrogens (tertiary/aromatic N) is 4. The Hall–Kier alpha value is -1.46. The molecule has 2 heterocycles. The van der Waals surface area contributed by atoms with Gasteiger partial charge in [0.2, 0.25) is 0 Å². The summed E-state index contributed by atoms with van der Waals surface area (Å²) < 4.78 is 7.33. The molecule has 1 aromatic carbocycles. The monoisotopic (exact) mass is 218 g/mol. The molecule has 0 unspecified atom stereocenters. The second kappa shape index (κ2) is 4.19. The van der Waals surface area contributed by atoms with Crippen molar-refractivity contribution in [3.05, 3.63) is 24.3 Å². The van der Waals surface area contributed by atoms with E-state index in [1.165, 1.54) is 0 Å². The fraction of sp³-hybridized carbons (Fsp3) is 0.455. The number of aromatic nitrogens is 3. The maximum absolute atomic E-state index is 5.41. The zero-order chi connectivity index (χ0) is 10.8. The van der Waals surface area contributed by atoms with Gasteiger partial charge < -0.3 is 4.74 Å². The minimum absolute atomic E-state index is 0.689. The Kier molecular flexibility index (Phi) is 2.55. The van der Waals surface area contributed by atoms with Gasteiger partial charge in [-0.3, -0.25) is 4.90 Å². The normalized spacial score (nSPS) is 18.0. The summed E-state index contributed by atoms with van der Waals surface area (Å²) in [5, 5.41) is 8.29. The van der Waals surface area contributed by atoms with Crippen LogP contribution in [0.25, 0.3) is 11.0 Å². The second-order valence-corrected chi connectivity index (χ2v) is 4.00. The van der Waals surface area contributed by atoms with Gasteiger partial charge in [0.05, 0.1) is 12.2 Å². The summed E-state index contributed by atoms with van der Waals surface area (Å²) in [6, 6.07) is 8.01. The van der Waals surface area contributed by atoms with Crippen LogP contribution in [0.1, 0.15) is 6.42 Å². The van der Waals surface area contributed by atoms with Gasteiger partial charge in [0, 0.05) is 13.2 Å². The third-order valence-electron chi connectivity index (χ3n) is 2.79. The number of benzene rings is 1. The molecular formula is C11H14N4O. The van der Waals surface area contributed by atoms with Crippen molar-refractivity contribution in [1.29, 1.82) is 0 Å². The molecule has 0 amide bonds. The Balaban J connectivity index is 1.83. The molecule has 0 radical (unpaired) electrons. The van der Waals surface area contributed by atoms with E-state index in [-0.39, 0.29) is 0 Å². The first kappa shape index (κ1) is 9.74. The molecule has 0 aliphatic carbocycles. The van der Waals surface area contributed by atoms with E-state index in [0.29, 0.717) is 6.73 Å². The lowest BCUT2D eigenvalue weighted by molar-refractivity contribution is -0.0304. The summed E-state index contributed by atoms with van der Waals surface area (Å²) in [6.07, 6.45) is 1.09. The highest BCUT2D eigenvalue weighted by molar-refractivity contribution is 5.73. The molecule has 0 atom stereocenters. The topological polar surface area (TPSA) is 43.2 Å². The summed E-state index contributed by atoms with van der Waals surface area (Å²) in [5.41, 5.74) is 2.02. The molecule has 1 aliphatic heterocycles. The van der Waals surface area contributed by atoms with Crippen LogP contribution in [-0.4, -0.2) is 39.8 Å². The van der Waals surface area contributed by atoms with Crippen LogP contribution >= 0.6 is 0 Å². The van der Waals surface area contributed by atoms with E-state index in [2.05, 4.69) is 15.2 Å². The zero-order valence-corrected chi connectivity index (χ0v) is 9.04. The number of para-hydroxylation sites is 1. The van der Waals surface area contributed by atoms with Crippen LogP contribution in [0.5, 0.6) is 0 Å². The van der Waals surface area contributed by atoms with Crippen molar-refractivity contribution in [2.24, 2.45) is 0 Å². The van der Waals surface area contributed by atoms with Crippen LogP contribution in [0, 0.1) is 0 Å². The first-order chi connectivity index (χ1) is 7.93. The number of hydrogen-bond acceptors (Lipinski definition) is 4. The largest absolute Gasteiger partial charge is 0.366 e. The second-order valence-electron chi connectivity index (χ2n) is 4.00. The Labute approximate surface area is 93.6 Å². The molecule has 0 bridgehead atoms. The predicted octanol–water partition coefficient (Wildman–Crippen LogP) is 1.07. The summed E-state index contributed by atoms with van der Waals surface area (Å²) in [4.78, 5) is 2.23. The van der Waals surface area contributed by atoms with Crippen LogP contribution < -0.4 is 0 Å². The minimum Gasteiger partial charge on any atom is -0.366 e. The fourth-order valence-corrected chi connectivity index (χ4v) is 1.97. The predicted molar refractivity (Wildman–Crippen MR) is 59.7 cm³/mol. The molecule has 3 rings (SSSR count). The molecule has 1 aromatic heterocycles. The molecular weight excluding hydrogens is 204 g/mol. The molecule has 16 heavy (non-hydrogen) atoms. The number of rotatable bonds is 2. The highest BCUT2D eigenvalue weighted by atomic mass is 16.5. The van der Waals surface area contributed by atoms with Crippen LogP contribution in [0.15, 0.2) is 24.3 Å². The highest BCUT2D eigenvalue weighted by Gasteiger charge is 2.12. The van der Waals surface area contributed by atoms with Gasteiger partial charge in [-0.1, -0.05) is 17.3 Å². The summed E-state index contributed by atoms with van der Waals surface area (Å²) >= 11 is 0. The molecule has 84 valence electrons. The van der Waals surface area contributed by atoms with E-state index in [1.54, 1.807) is 0 Å². The maximum Gasteiger partial charge on any atom is 0.113 e. The minimum atomic E-state index is 0.689. The molecule has 5 nitrogen and oxygen atoms in total. The van der Waals surface area contributed by atoms with Gasteiger partial charge in [0.1, 0.15) is 12.2 Å². The number of ether oxygens (including phenoxy) is 1. The van der Waals surface area contributed by atoms with Crippen molar-refractivity contribution in [2.75, 3.05) is 19.9 Å². The molecule has 0 spiro atoms. The van der Waals surface area contributed by atoms with Crippen LogP contribution in [-0.2, 0) is 11.4 Å². The lowest BCUT2D eigenvalue weighted by Crippen LogP contribution is -2.34. The van der Waals surface area contributed by atoms with Crippen LogP contribution in [0.4, 0.5) is 0 Å². The Morgan fingerprint density at radius 3 is 3.12 bits per heavy atom. The molecule has 0 N–H and O–H groups in total. The average Bonchev–Trinajstić information content (AvgIpc) is 2.74.